The quantitative estimate of drug-likeness (QED) is 0.262. The summed E-state index contributed by atoms with van der Waals surface area (Å²) in [5, 5.41) is 11.1. The second-order valence-corrected chi connectivity index (χ2v) is 7.70. The smallest absolute Gasteiger partial charge is 0.272 e. The highest BCUT2D eigenvalue weighted by Gasteiger charge is 2.22. The number of pyridine rings is 1. The van der Waals surface area contributed by atoms with Gasteiger partial charge in [0.25, 0.3) is 5.91 Å². The van der Waals surface area contributed by atoms with E-state index in [0.717, 1.165) is 36.5 Å². The van der Waals surface area contributed by atoms with Crippen LogP contribution in [0.5, 0.6) is 0 Å². The van der Waals surface area contributed by atoms with E-state index < -0.39 is 0 Å². The molecule has 0 bridgehead atoms. The van der Waals surface area contributed by atoms with Crippen molar-refractivity contribution in [3.05, 3.63) is 59.1 Å². The molecule has 1 aliphatic rings. The molecule has 0 radical (unpaired) electrons. The molecular weight excluding hydrogens is 346 g/mol. The molecule has 1 saturated heterocycles. The first-order valence-electron chi connectivity index (χ1n) is 8.79. The minimum absolute atomic E-state index is 0.0269. The van der Waals surface area contributed by atoms with Gasteiger partial charge in [-0.15, -0.1) is 11.8 Å². The molecule has 3 rings (SSSR count). The van der Waals surface area contributed by atoms with E-state index in [-0.39, 0.29) is 5.91 Å². The average Bonchev–Trinajstić information content (AvgIpc) is 2.67. The summed E-state index contributed by atoms with van der Waals surface area (Å²) in [6.07, 6.45) is 2.12. The molecule has 1 aliphatic heterocycles. The van der Waals surface area contributed by atoms with Crippen molar-refractivity contribution in [1.82, 2.24) is 9.88 Å². The topological polar surface area (TPSA) is 59.3 Å². The summed E-state index contributed by atoms with van der Waals surface area (Å²) in [6, 6.07) is 12.9. The summed E-state index contributed by atoms with van der Waals surface area (Å²) in [6.45, 7) is 7.19. The van der Waals surface area contributed by atoms with Crippen LogP contribution in [0.2, 0.25) is 0 Å². The highest BCUT2D eigenvalue weighted by Crippen LogP contribution is 2.24. The lowest BCUT2D eigenvalue weighted by molar-refractivity contribution is -0.349. The number of rotatable bonds is 5. The largest absolute Gasteiger partial charge is 0.619 e. The van der Waals surface area contributed by atoms with Gasteiger partial charge in [-0.25, -0.2) is 4.98 Å². The van der Waals surface area contributed by atoms with Crippen molar-refractivity contribution < 1.29 is 9.53 Å². The minimum atomic E-state index is 0.0269. The molecule has 26 heavy (non-hydrogen) atoms. The van der Waals surface area contributed by atoms with Gasteiger partial charge in [0, 0.05) is 35.9 Å². The van der Waals surface area contributed by atoms with Gasteiger partial charge in [0.05, 0.1) is 5.69 Å². The normalized spacial score (nSPS) is 15.0. The summed E-state index contributed by atoms with van der Waals surface area (Å²) < 4.78 is 0.590. The Balaban J connectivity index is 1.62. The van der Waals surface area contributed by atoms with Crippen molar-refractivity contribution in [1.29, 1.82) is 0 Å². The van der Waals surface area contributed by atoms with Crippen LogP contribution in [0.4, 0.5) is 5.69 Å². The van der Waals surface area contributed by atoms with Crippen molar-refractivity contribution in [2.45, 2.75) is 30.4 Å². The molecule has 2 aromatic rings. The Morgan fingerprint density at radius 2 is 1.96 bits per heavy atom. The predicted molar refractivity (Wildman–Crippen MR) is 105 cm³/mol. The number of amides is 1. The number of likely N-dealkylation sites (tertiary alicyclic amines) is 1. The van der Waals surface area contributed by atoms with Gasteiger partial charge in [-0.1, -0.05) is 13.0 Å². The van der Waals surface area contributed by atoms with Gasteiger partial charge in [-0.2, -0.15) is 4.74 Å². The number of aromatic nitrogens is 1. The molecule has 5 nitrogen and oxygen atoms in total. The first kappa shape index (κ1) is 18.5. The number of carbonyl (C=O) groups excluding carboxylic acids is 1. The average molecular weight is 369 g/mol. The maximum atomic E-state index is 12.7. The lowest BCUT2D eigenvalue weighted by Crippen LogP contribution is -2.38. The van der Waals surface area contributed by atoms with Crippen LogP contribution < -0.4 is 0 Å². The monoisotopic (exact) mass is 369 g/mol. The van der Waals surface area contributed by atoms with E-state index in [1.165, 1.54) is 0 Å². The molecule has 1 aromatic carbocycles. The van der Waals surface area contributed by atoms with E-state index >= 15 is 0 Å². The molecule has 0 unspecified atom stereocenters. The second kappa shape index (κ2) is 8.36. The number of hydrogen-bond acceptors (Lipinski definition) is 4. The molecule has 0 saturated carbocycles. The third-order valence-electron chi connectivity index (χ3n) is 4.61. The molecule has 0 atom stereocenters. The molecule has 1 fully saturated rings. The van der Waals surface area contributed by atoms with E-state index in [0.29, 0.717) is 27.8 Å². The number of hydrogen-bond donors (Lipinski definition) is 0. The Labute approximate surface area is 158 Å². The molecular formula is C20H23N3O2S. The van der Waals surface area contributed by atoms with Gasteiger partial charge in [-0.3, -0.25) is 4.79 Å². The van der Waals surface area contributed by atoms with E-state index in [9.17, 15) is 10.0 Å². The van der Waals surface area contributed by atoms with Crippen LogP contribution in [0, 0.1) is 11.1 Å². The Kier molecular flexibility index (Phi) is 5.93. The van der Waals surface area contributed by atoms with Crippen LogP contribution in [0.25, 0.3) is 0 Å². The number of nitrogens with zero attached hydrogens (tertiary/aromatic N) is 3. The molecule has 2 heterocycles. The first-order chi connectivity index (χ1) is 12.5. The van der Waals surface area contributed by atoms with Gasteiger partial charge < -0.3 is 10.1 Å². The second-order valence-electron chi connectivity index (χ2n) is 6.65. The zero-order chi connectivity index (χ0) is 18.5. The van der Waals surface area contributed by atoms with E-state index in [1.54, 1.807) is 30.0 Å². The number of piperidine rings is 1. The predicted octanol–water partition coefficient (Wildman–Crippen LogP) is 4.09. The van der Waals surface area contributed by atoms with Gasteiger partial charge in [0.2, 0.25) is 5.69 Å². The van der Waals surface area contributed by atoms with E-state index in [4.69, 9.17) is 0 Å². The molecule has 0 aliphatic carbocycles. The summed E-state index contributed by atoms with van der Waals surface area (Å²) in [5.74, 6) is 1.39. The van der Waals surface area contributed by atoms with Crippen molar-refractivity contribution in [3.63, 3.8) is 0 Å². The zero-order valence-electron chi connectivity index (χ0n) is 14.9. The van der Waals surface area contributed by atoms with Gasteiger partial charge in [0.1, 0.15) is 12.4 Å². The third-order valence-corrected chi connectivity index (χ3v) is 5.65. The maximum absolute atomic E-state index is 12.7. The third kappa shape index (κ3) is 4.64. The number of carbonyl (C=O) groups is 1. The Hall–Kier alpha value is -2.34. The zero-order valence-corrected chi connectivity index (χ0v) is 15.7. The van der Waals surface area contributed by atoms with Crippen molar-refractivity contribution in [3.8, 4) is 0 Å². The minimum Gasteiger partial charge on any atom is -0.619 e. The lowest BCUT2D eigenvalue weighted by atomic mass is 9.99. The number of thioether (sulfide) groups is 1. The van der Waals surface area contributed by atoms with Crippen LogP contribution in [-0.2, 0) is 5.75 Å². The molecule has 136 valence electrons. The first-order valence-corrected chi connectivity index (χ1v) is 9.77. The van der Waals surface area contributed by atoms with E-state index in [2.05, 4.69) is 18.6 Å². The van der Waals surface area contributed by atoms with Gasteiger partial charge in [-0.05, 0) is 43.0 Å². The summed E-state index contributed by atoms with van der Waals surface area (Å²) in [5.41, 5.74) is 1.92. The molecule has 6 heteroatoms. The van der Waals surface area contributed by atoms with E-state index in [1.807, 2.05) is 29.2 Å². The van der Waals surface area contributed by atoms with Crippen LogP contribution in [-0.4, -0.2) is 40.3 Å². The standard InChI is InChI=1S/C20H23N3O2S/c1-15-10-12-23(13-11-15)20(24)19-5-3-4-16(21-19)14-26-18-8-6-17(7-9-18)22(2)25/h3-9,15H,2,10-14H2,1H3. The lowest BCUT2D eigenvalue weighted by Gasteiger charge is -2.30. The molecule has 1 aromatic heterocycles. The SMILES string of the molecule is C=[N+]([O-])c1ccc(SCc2cccc(C(=O)N3CCC(C)CC3)n2)cc1. The van der Waals surface area contributed by atoms with Gasteiger partial charge >= 0.3 is 0 Å². The highest BCUT2D eigenvalue weighted by molar-refractivity contribution is 7.98. The maximum Gasteiger partial charge on any atom is 0.272 e. The van der Waals surface area contributed by atoms with Crippen molar-refractivity contribution in [2.75, 3.05) is 13.1 Å². The molecule has 0 spiro atoms. The van der Waals surface area contributed by atoms with Gasteiger partial charge in [0.15, 0.2) is 0 Å². The molecule has 1 amide bonds. The van der Waals surface area contributed by atoms with Crippen molar-refractivity contribution in [2.24, 2.45) is 5.92 Å². The summed E-state index contributed by atoms with van der Waals surface area (Å²) in [7, 11) is 0. The fourth-order valence-corrected chi connectivity index (χ4v) is 3.72. The fraction of sp³-hybridized carbons (Fsp3) is 0.350. The number of benzene rings is 1. The summed E-state index contributed by atoms with van der Waals surface area (Å²) >= 11 is 1.62. The molecule has 0 N–H and O–H groups in total. The van der Waals surface area contributed by atoms with Crippen molar-refractivity contribution >= 4 is 30.1 Å². The fourth-order valence-electron chi connectivity index (χ4n) is 2.92. The Morgan fingerprint density at radius 1 is 1.27 bits per heavy atom. The Morgan fingerprint density at radius 3 is 2.62 bits per heavy atom. The van der Waals surface area contributed by atoms with Crippen LogP contribution >= 0.6 is 11.8 Å². The van der Waals surface area contributed by atoms with Crippen LogP contribution in [0.1, 0.15) is 35.9 Å². The Bertz CT molecular complexity index is 784. The summed E-state index contributed by atoms with van der Waals surface area (Å²) in [4.78, 5) is 20.1. The van der Waals surface area contributed by atoms with Crippen LogP contribution in [0.3, 0.4) is 0 Å². The van der Waals surface area contributed by atoms with Crippen LogP contribution in [0.15, 0.2) is 47.4 Å². The highest BCUT2D eigenvalue weighted by atomic mass is 32.2.